The van der Waals surface area contributed by atoms with Crippen LogP contribution in [0, 0.1) is 6.92 Å². The lowest BCUT2D eigenvalue weighted by Crippen LogP contribution is -2.23. The van der Waals surface area contributed by atoms with E-state index in [1.54, 1.807) is 16.9 Å². The number of benzene rings is 2. The summed E-state index contributed by atoms with van der Waals surface area (Å²) in [6.45, 7) is 4.19. The first-order chi connectivity index (χ1) is 13.5. The Labute approximate surface area is 173 Å². The number of carbonyl (C=O) groups is 1. The number of aromatic nitrogens is 2. The fraction of sp³-hybridized carbons (Fsp3) is 0.238. The molecule has 0 fully saturated rings. The summed E-state index contributed by atoms with van der Waals surface area (Å²) in [5, 5.41) is 11.8. The van der Waals surface area contributed by atoms with E-state index in [1.165, 1.54) is 11.1 Å². The van der Waals surface area contributed by atoms with Gasteiger partial charge < -0.3 is 10.6 Å². The Bertz CT molecular complexity index is 1040. The van der Waals surface area contributed by atoms with Crippen LogP contribution in [0.3, 0.4) is 0 Å². The van der Waals surface area contributed by atoms with Crippen LogP contribution in [-0.2, 0) is 19.5 Å². The van der Waals surface area contributed by atoms with Crippen LogP contribution < -0.4 is 10.6 Å². The molecule has 1 aromatic heterocycles. The van der Waals surface area contributed by atoms with Crippen LogP contribution in [0.15, 0.2) is 42.6 Å². The molecule has 0 spiro atoms. The van der Waals surface area contributed by atoms with Gasteiger partial charge in [-0.2, -0.15) is 5.10 Å². The minimum Gasteiger partial charge on any atom is -0.322 e. The third kappa shape index (κ3) is 4.07. The maximum atomic E-state index is 12.8. The predicted octanol–water partition coefficient (Wildman–Crippen LogP) is 4.44. The molecule has 1 aliphatic heterocycles. The van der Waals surface area contributed by atoms with Gasteiger partial charge in [0.15, 0.2) is 0 Å². The lowest BCUT2D eigenvalue weighted by molar-refractivity contribution is 0.102. The molecule has 0 unspecified atom stereocenters. The Morgan fingerprint density at radius 3 is 2.86 bits per heavy atom. The van der Waals surface area contributed by atoms with Gasteiger partial charge in [-0.1, -0.05) is 35.3 Å². The lowest BCUT2D eigenvalue weighted by Gasteiger charge is -2.18. The van der Waals surface area contributed by atoms with Crippen molar-refractivity contribution in [1.82, 2.24) is 15.1 Å². The quantitative estimate of drug-likeness (QED) is 0.662. The standard InChI is InChI=1S/C21H20Cl2N4O/c1-13-18(12-27(26-13)11-14-2-5-19(22)20(23)8-14)21(28)25-17-4-3-16-10-24-7-6-15(16)9-17/h2-5,8-9,12,24H,6-7,10-11H2,1H3,(H,25,28). The molecule has 144 valence electrons. The molecule has 2 aromatic carbocycles. The van der Waals surface area contributed by atoms with Crippen molar-refractivity contribution in [2.24, 2.45) is 0 Å². The van der Waals surface area contributed by atoms with Crippen molar-refractivity contribution in [2.75, 3.05) is 11.9 Å². The van der Waals surface area contributed by atoms with E-state index >= 15 is 0 Å². The van der Waals surface area contributed by atoms with E-state index in [4.69, 9.17) is 23.2 Å². The second-order valence-corrected chi connectivity index (χ2v) is 7.75. The molecule has 4 rings (SSSR count). The van der Waals surface area contributed by atoms with Gasteiger partial charge in [-0.3, -0.25) is 9.48 Å². The van der Waals surface area contributed by atoms with Gasteiger partial charge in [0.2, 0.25) is 0 Å². The molecular formula is C21H20Cl2N4O. The van der Waals surface area contributed by atoms with E-state index < -0.39 is 0 Å². The molecule has 0 saturated heterocycles. The van der Waals surface area contributed by atoms with Gasteiger partial charge in [0, 0.05) is 18.4 Å². The third-order valence-corrected chi connectivity index (χ3v) is 5.61. The molecule has 28 heavy (non-hydrogen) atoms. The molecule has 0 radical (unpaired) electrons. The maximum Gasteiger partial charge on any atom is 0.259 e. The summed E-state index contributed by atoms with van der Waals surface area (Å²) in [6.07, 6.45) is 2.73. The Hall–Kier alpha value is -2.34. The molecule has 0 saturated carbocycles. The average molecular weight is 415 g/mol. The molecule has 3 aromatic rings. The van der Waals surface area contributed by atoms with E-state index in [1.807, 2.05) is 25.1 Å². The summed E-state index contributed by atoms with van der Waals surface area (Å²) >= 11 is 12.0. The summed E-state index contributed by atoms with van der Waals surface area (Å²) in [4.78, 5) is 12.8. The number of carbonyl (C=O) groups excluding carboxylic acids is 1. The molecule has 0 aliphatic carbocycles. The molecule has 0 bridgehead atoms. The zero-order valence-corrected chi connectivity index (χ0v) is 16.9. The first-order valence-corrected chi connectivity index (χ1v) is 9.87. The Balaban J connectivity index is 1.49. The number of nitrogens with one attached hydrogen (secondary N) is 2. The second-order valence-electron chi connectivity index (χ2n) is 6.94. The molecule has 1 amide bonds. The number of anilines is 1. The van der Waals surface area contributed by atoms with Gasteiger partial charge in [0.1, 0.15) is 0 Å². The zero-order chi connectivity index (χ0) is 19.7. The predicted molar refractivity (Wildman–Crippen MR) is 112 cm³/mol. The second kappa shape index (κ2) is 7.95. The molecule has 2 N–H and O–H groups in total. The number of halogens is 2. The molecular weight excluding hydrogens is 395 g/mol. The summed E-state index contributed by atoms with van der Waals surface area (Å²) in [6, 6.07) is 11.5. The first kappa shape index (κ1) is 19.0. The maximum absolute atomic E-state index is 12.8. The Morgan fingerprint density at radius 2 is 2.04 bits per heavy atom. The van der Waals surface area contributed by atoms with E-state index in [-0.39, 0.29) is 5.91 Å². The smallest absolute Gasteiger partial charge is 0.259 e. The summed E-state index contributed by atoms with van der Waals surface area (Å²) < 4.78 is 1.74. The highest BCUT2D eigenvalue weighted by molar-refractivity contribution is 6.42. The van der Waals surface area contributed by atoms with Crippen molar-refractivity contribution < 1.29 is 4.79 Å². The number of hydrogen-bond acceptors (Lipinski definition) is 3. The molecule has 1 aliphatic rings. The summed E-state index contributed by atoms with van der Waals surface area (Å²) in [7, 11) is 0. The van der Waals surface area contributed by atoms with Crippen molar-refractivity contribution >= 4 is 34.8 Å². The molecule has 2 heterocycles. The van der Waals surface area contributed by atoms with Crippen molar-refractivity contribution in [2.45, 2.75) is 26.4 Å². The SMILES string of the molecule is Cc1nn(Cc2ccc(Cl)c(Cl)c2)cc1C(=O)Nc1ccc2c(c1)CCNC2. The summed E-state index contributed by atoms with van der Waals surface area (Å²) in [5.74, 6) is -0.160. The van der Waals surface area contributed by atoms with Crippen LogP contribution in [0.4, 0.5) is 5.69 Å². The zero-order valence-electron chi connectivity index (χ0n) is 15.4. The number of fused-ring (bicyclic) bond motifs is 1. The monoisotopic (exact) mass is 414 g/mol. The average Bonchev–Trinajstić information content (AvgIpc) is 3.05. The van der Waals surface area contributed by atoms with E-state index in [0.29, 0.717) is 27.8 Å². The fourth-order valence-corrected chi connectivity index (χ4v) is 3.72. The Kier molecular flexibility index (Phi) is 5.40. The van der Waals surface area contributed by atoms with Crippen LogP contribution >= 0.6 is 23.2 Å². The van der Waals surface area contributed by atoms with Crippen LogP contribution in [0.1, 0.15) is 32.7 Å². The number of nitrogens with zero attached hydrogens (tertiary/aromatic N) is 2. The number of aryl methyl sites for hydroxylation is 1. The number of hydrogen-bond donors (Lipinski definition) is 2. The van der Waals surface area contributed by atoms with E-state index in [2.05, 4.69) is 27.9 Å². The lowest BCUT2D eigenvalue weighted by atomic mass is 10.0. The van der Waals surface area contributed by atoms with Gasteiger partial charge in [-0.15, -0.1) is 0 Å². The molecule has 5 nitrogen and oxygen atoms in total. The highest BCUT2D eigenvalue weighted by Gasteiger charge is 2.15. The van der Waals surface area contributed by atoms with Crippen LogP contribution in [0.25, 0.3) is 0 Å². The van der Waals surface area contributed by atoms with Crippen LogP contribution in [0.5, 0.6) is 0 Å². The summed E-state index contributed by atoms with van der Waals surface area (Å²) in [5.41, 5.74) is 5.58. The normalized spacial score (nSPS) is 13.2. The largest absolute Gasteiger partial charge is 0.322 e. The molecule has 0 atom stereocenters. The van der Waals surface area contributed by atoms with Crippen LogP contribution in [0.2, 0.25) is 10.0 Å². The van der Waals surface area contributed by atoms with Crippen molar-refractivity contribution in [1.29, 1.82) is 0 Å². The first-order valence-electron chi connectivity index (χ1n) is 9.11. The van der Waals surface area contributed by atoms with Gasteiger partial charge >= 0.3 is 0 Å². The van der Waals surface area contributed by atoms with Crippen molar-refractivity contribution in [3.63, 3.8) is 0 Å². The van der Waals surface area contributed by atoms with Crippen molar-refractivity contribution in [3.8, 4) is 0 Å². The van der Waals surface area contributed by atoms with Crippen molar-refractivity contribution in [3.05, 3.63) is 80.6 Å². The molecule has 7 heteroatoms. The van der Waals surface area contributed by atoms with Gasteiger partial charge in [-0.25, -0.2) is 0 Å². The minimum absolute atomic E-state index is 0.160. The number of amides is 1. The third-order valence-electron chi connectivity index (χ3n) is 4.87. The highest BCUT2D eigenvalue weighted by Crippen LogP contribution is 2.23. The van der Waals surface area contributed by atoms with Crippen LogP contribution in [-0.4, -0.2) is 22.2 Å². The van der Waals surface area contributed by atoms with Gasteiger partial charge in [-0.05, 0) is 60.8 Å². The number of rotatable bonds is 4. The topological polar surface area (TPSA) is 59.0 Å². The minimum atomic E-state index is -0.160. The van der Waals surface area contributed by atoms with E-state index in [0.717, 1.165) is 30.8 Å². The van der Waals surface area contributed by atoms with Gasteiger partial charge in [0.25, 0.3) is 5.91 Å². The highest BCUT2D eigenvalue weighted by atomic mass is 35.5. The fourth-order valence-electron chi connectivity index (χ4n) is 3.40. The van der Waals surface area contributed by atoms with E-state index in [9.17, 15) is 4.79 Å². The van der Waals surface area contributed by atoms with Gasteiger partial charge in [0.05, 0.1) is 27.8 Å². The Morgan fingerprint density at radius 1 is 1.18 bits per heavy atom.